The SMILES string of the molecule is ONc1cccc(NC2OCC(O)C(O)C2O)c1. The summed E-state index contributed by atoms with van der Waals surface area (Å²) >= 11 is 0. The van der Waals surface area contributed by atoms with Gasteiger partial charge in [0.05, 0.1) is 12.3 Å². The predicted octanol–water partition coefficient (Wildman–Crippen LogP) is -0.661. The third-order valence-corrected chi connectivity index (χ3v) is 2.80. The quantitative estimate of drug-likeness (QED) is 0.398. The molecule has 0 bridgehead atoms. The van der Waals surface area contributed by atoms with Gasteiger partial charge in [-0.3, -0.25) is 10.7 Å². The van der Waals surface area contributed by atoms with Crippen LogP contribution in [-0.4, -0.2) is 51.7 Å². The van der Waals surface area contributed by atoms with Gasteiger partial charge in [0.1, 0.15) is 18.3 Å². The maximum atomic E-state index is 9.73. The molecular formula is C11H16N2O5. The summed E-state index contributed by atoms with van der Waals surface area (Å²) in [5.41, 5.74) is 3.08. The number of ether oxygens (including phenoxy) is 1. The topological polar surface area (TPSA) is 114 Å². The van der Waals surface area contributed by atoms with Crippen molar-refractivity contribution >= 4 is 11.4 Å². The first-order valence-electron chi connectivity index (χ1n) is 5.54. The molecule has 100 valence electrons. The number of hydrogen-bond donors (Lipinski definition) is 6. The molecule has 7 nitrogen and oxygen atoms in total. The van der Waals surface area contributed by atoms with Crippen LogP contribution < -0.4 is 10.8 Å². The van der Waals surface area contributed by atoms with Gasteiger partial charge >= 0.3 is 0 Å². The molecule has 0 aliphatic carbocycles. The van der Waals surface area contributed by atoms with E-state index >= 15 is 0 Å². The second-order valence-electron chi connectivity index (χ2n) is 4.14. The van der Waals surface area contributed by atoms with E-state index in [4.69, 9.17) is 9.94 Å². The second kappa shape index (κ2) is 5.51. The monoisotopic (exact) mass is 256 g/mol. The Hall–Kier alpha value is -1.38. The highest BCUT2D eigenvalue weighted by Gasteiger charge is 2.37. The van der Waals surface area contributed by atoms with Gasteiger partial charge in [-0.15, -0.1) is 0 Å². The van der Waals surface area contributed by atoms with Gasteiger partial charge < -0.3 is 25.4 Å². The molecule has 0 aromatic heterocycles. The fourth-order valence-electron chi connectivity index (χ4n) is 1.78. The van der Waals surface area contributed by atoms with Crippen LogP contribution in [-0.2, 0) is 4.74 Å². The summed E-state index contributed by atoms with van der Waals surface area (Å²) in [6.07, 6.45) is -4.41. The van der Waals surface area contributed by atoms with Crippen molar-refractivity contribution in [3.63, 3.8) is 0 Å². The van der Waals surface area contributed by atoms with Crippen LogP contribution in [0, 0.1) is 0 Å². The summed E-state index contributed by atoms with van der Waals surface area (Å²) in [7, 11) is 0. The van der Waals surface area contributed by atoms with Crippen LogP contribution in [0.15, 0.2) is 24.3 Å². The van der Waals surface area contributed by atoms with Crippen LogP contribution in [0.4, 0.5) is 11.4 Å². The van der Waals surface area contributed by atoms with Crippen molar-refractivity contribution < 1.29 is 25.3 Å². The van der Waals surface area contributed by atoms with Gasteiger partial charge in [0.2, 0.25) is 0 Å². The van der Waals surface area contributed by atoms with E-state index in [9.17, 15) is 15.3 Å². The highest BCUT2D eigenvalue weighted by atomic mass is 16.5. The molecule has 2 rings (SSSR count). The molecule has 1 fully saturated rings. The van der Waals surface area contributed by atoms with Crippen LogP contribution in [0.25, 0.3) is 0 Å². The molecule has 18 heavy (non-hydrogen) atoms. The lowest BCUT2D eigenvalue weighted by Gasteiger charge is -2.35. The van der Waals surface area contributed by atoms with Crippen LogP contribution in [0.2, 0.25) is 0 Å². The first-order chi connectivity index (χ1) is 8.61. The molecule has 4 atom stereocenters. The lowest BCUT2D eigenvalue weighted by molar-refractivity contribution is -0.178. The fraction of sp³-hybridized carbons (Fsp3) is 0.455. The Morgan fingerprint density at radius 1 is 1.11 bits per heavy atom. The summed E-state index contributed by atoms with van der Waals surface area (Å²) < 4.78 is 5.20. The van der Waals surface area contributed by atoms with E-state index in [0.717, 1.165) is 0 Å². The van der Waals surface area contributed by atoms with Crippen molar-refractivity contribution in [3.05, 3.63) is 24.3 Å². The summed E-state index contributed by atoms with van der Waals surface area (Å²) in [6, 6.07) is 6.67. The summed E-state index contributed by atoms with van der Waals surface area (Å²) in [6.45, 7) is -0.0617. The third-order valence-electron chi connectivity index (χ3n) is 2.80. The molecule has 0 spiro atoms. The lowest BCUT2D eigenvalue weighted by Crippen LogP contribution is -2.55. The molecule has 1 aliphatic heterocycles. The molecule has 0 radical (unpaired) electrons. The molecule has 7 heteroatoms. The van der Waals surface area contributed by atoms with Crippen LogP contribution in [0.1, 0.15) is 0 Å². The molecule has 1 saturated heterocycles. The number of aliphatic hydroxyl groups is 3. The van der Waals surface area contributed by atoms with Crippen molar-refractivity contribution in [2.45, 2.75) is 24.5 Å². The van der Waals surface area contributed by atoms with E-state index in [1.165, 1.54) is 0 Å². The van der Waals surface area contributed by atoms with Crippen molar-refractivity contribution in [1.82, 2.24) is 0 Å². The van der Waals surface area contributed by atoms with Gasteiger partial charge in [0, 0.05) is 5.69 Å². The van der Waals surface area contributed by atoms with Crippen LogP contribution in [0.5, 0.6) is 0 Å². The summed E-state index contributed by atoms with van der Waals surface area (Å²) in [5.74, 6) is 0. The number of hydrogen-bond acceptors (Lipinski definition) is 7. The minimum atomic E-state index is -1.25. The first-order valence-corrected chi connectivity index (χ1v) is 5.54. The fourth-order valence-corrected chi connectivity index (χ4v) is 1.78. The van der Waals surface area contributed by atoms with Crippen molar-refractivity contribution in [1.29, 1.82) is 0 Å². The Kier molecular flexibility index (Phi) is 4.00. The Bertz CT molecular complexity index is 403. The molecular weight excluding hydrogens is 240 g/mol. The number of nitrogens with one attached hydrogen (secondary N) is 2. The first kappa shape index (κ1) is 13.1. The van der Waals surface area contributed by atoms with Crippen LogP contribution in [0.3, 0.4) is 0 Å². The van der Waals surface area contributed by atoms with Gasteiger partial charge in [-0.05, 0) is 18.2 Å². The Morgan fingerprint density at radius 3 is 2.56 bits per heavy atom. The number of benzene rings is 1. The van der Waals surface area contributed by atoms with Gasteiger partial charge in [-0.1, -0.05) is 6.07 Å². The van der Waals surface area contributed by atoms with Crippen molar-refractivity contribution in [2.75, 3.05) is 17.4 Å². The van der Waals surface area contributed by atoms with Crippen molar-refractivity contribution in [2.24, 2.45) is 0 Å². The molecule has 1 heterocycles. The molecule has 1 aromatic carbocycles. The van der Waals surface area contributed by atoms with E-state index in [1.54, 1.807) is 24.3 Å². The largest absolute Gasteiger partial charge is 0.388 e. The zero-order chi connectivity index (χ0) is 13.1. The standard InChI is InChI=1S/C11H16N2O5/c14-8-5-18-11(10(16)9(8)15)12-6-2-1-3-7(4-6)13-17/h1-4,8-17H,5H2. The smallest absolute Gasteiger partial charge is 0.156 e. The number of anilines is 2. The van der Waals surface area contributed by atoms with Gasteiger partial charge in [0.15, 0.2) is 6.23 Å². The highest BCUT2D eigenvalue weighted by molar-refractivity contribution is 5.55. The lowest BCUT2D eigenvalue weighted by atomic mass is 10.0. The molecule has 4 unspecified atom stereocenters. The van der Waals surface area contributed by atoms with E-state index in [1.807, 2.05) is 5.48 Å². The van der Waals surface area contributed by atoms with E-state index in [0.29, 0.717) is 11.4 Å². The van der Waals surface area contributed by atoms with E-state index in [2.05, 4.69) is 5.32 Å². The minimum absolute atomic E-state index is 0.0617. The third kappa shape index (κ3) is 2.71. The maximum Gasteiger partial charge on any atom is 0.156 e. The highest BCUT2D eigenvalue weighted by Crippen LogP contribution is 2.20. The normalized spacial score (nSPS) is 32.0. The van der Waals surface area contributed by atoms with Gasteiger partial charge in [-0.25, -0.2) is 0 Å². The maximum absolute atomic E-state index is 9.73. The minimum Gasteiger partial charge on any atom is -0.388 e. The molecule has 0 saturated carbocycles. The van der Waals surface area contributed by atoms with E-state index < -0.39 is 24.5 Å². The zero-order valence-electron chi connectivity index (χ0n) is 9.52. The zero-order valence-corrected chi connectivity index (χ0v) is 9.52. The summed E-state index contributed by atoms with van der Waals surface area (Å²) in [5, 5.41) is 40.2. The van der Waals surface area contributed by atoms with Crippen molar-refractivity contribution in [3.8, 4) is 0 Å². The van der Waals surface area contributed by atoms with Crippen LogP contribution >= 0.6 is 0 Å². The predicted molar refractivity (Wildman–Crippen MR) is 63.2 cm³/mol. The van der Waals surface area contributed by atoms with Gasteiger partial charge in [0.25, 0.3) is 0 Å². The number of rotatable bonds is 3. The van der Waals surface area contributed by atoms with Gasteiger partial charge in [-0.2, -0.15) is 0 Å². The Morgan fingerprint density at radius 2 is 1.83 bits per heavy atom. The summed E-state index contributed by atoms with van der Waals surface area (Å²) in [4.78, 5) is 0. The molecule has 1 aliphatic rings. The Balaban J connectivity index is 2.04. The molecule has 1 aromatic rings. The Labute approximate surface area is 104 Å². The molecule has 6 N–H and O–H groups in total. The van der Waals surface area contributed by atoms with E-state index in [-0.39, 0.29) is 6.61 Å². The number of aliphatic hydroxyl groups excluding tert-OH is 3. The average molecular weight is 256 g/mol. The molecule has 0 amide bonds. The second-order valence-corrected chi connectivity index (χ2v) is 4.14. The average Bonchev–Trinajstić information content (AvgIpc) is 2.40.